The number of benzene rings is 1. The monoisotopic (exact) mass is 362 g/mol. The molecule has 0 bridgehead atoms. The fourth-order valence-electron chi connectivity index (χ4n) is 2.83. The molecule has 0 atom stereocenters. The molecule has 0 amide bonds. The maximum absolute atomic E-state index is 13.6. The molecule has 27 heavy (non-hydrogen) atoms. The van der Waals surface area contributed by atoms with Gasteiger partial charge in [-0.25, -0.2) is 9.37 Å². The van der Waals surface area contributed by atoms with E-state index < -0.39 is 10.7 Å². The van der Waals surface area contributed by atoms with Crippen LogP contribution in [0.4, 0.5) is 15.9 Å². The summed E-state index contributed by atoms with van der Waals surface area (Å²) in [5.74, 6) is 5.58. The van der Waals surface area contributed by atoms with Crippen molar-refractivity contribution in [1.29, 1.82) is 5.26 Å². The maximum Gasteiger partial charge on any atom is 0.311 e. The standard InChI is InChI=1S/C20H15FN4O2/c21-18-13-16(6-7-17(18)14-22)4-1-3-15-8-11-24(12-9-15)20-19(25(26)27)5-2-10-23-20/h2-3,5-7,10,13H,8-9,11-12H2. The lowest BCUT2D eigenvalue weighted by Gasteiger charge is -2.28. The average Bonchev–Trinajstić information content (AvgIpc) is 2.69. The summed E-state index contributed by atoms with van der Waals surface area (Å²) in [6, 6.07) is 9.04. The molecule has 6 nitrogen and oxygen atoms in total. The molecular weight excluding hydrogens is 347 g/mol. The normalized spacial score (nSPS) is 13.3. The largest absolute Gasteiger partial charge is 0.350 e. The van der Waals surface area contributed by atoms with E-state index in [4.69, 9.17) is 5.26 Å². The van der Waals surface area contributed by atoms with Crippen LogP contribution < -0.4 is 4.90 Å². The van der Waals surface area contributed by atoms with Crippen molar-refractivity contribution in [2.75, 3.05) is 18.0 Å². The van der Waals surface area contributed by atoms with Crippen LogP contribution in [0, 0.1) is 39.1 Å². The predicted octanol–water partition coefficient (Wildman–Crippen LogP) is 3.58. The van der Waals surface area contributed by atoms with Crippen molar-refractivity contribution < 1.29 is 9.31 Å². The Morgan fingerprint density at radius 3 is 2.74 bits per heavy atom. The molecule has 1 fully saturated rings. The Balaban J connectivity index is 1.66. The fourth-order valence-corrected chi connectivity index (χ4v) is 2.83. The Bertz CT molecular complexity index is 1000. The van der Waals surface area contributed by atoms with E-state index in [2.05, 4.69) is 16.8 Å². The van der Waals surface area contributed by atoms with Crippen LogP contribution in [0.3, 0.4) is 0 Å². The third-order valence-corrected chi connectivity index (χ3v) is 4.25. The highest BCUT2D eigenvalue weighted by molar-refractivity contribution is 5.58. The van der Waals surface area contributed by atoms with Crippen LogP contribution in [0.25, 0.3) is 0 Å². The summed E-state index contributed by atoms with van der Waals surface area (Å²) in [5, 5.41) is 19.9. The number of nitriles is 1. The van der Waals surface area contributed by atoms with Crippen LogP contribution in [-0.4, -0.2) is 23.0 Å². The van der Waals surface area contributed by atoms with Gasteiger partial charge in [0.25, 0.3) is 0 Å². The van der Waals surface area contributed by atoms with Gasteiger partial charge in [-0.15, -0.1) is 0 Å². The summed E-state index contributed by atoms with van der Waals surface area (Å²) >= 11 is 0. The Hall–Kier alpha value is -3.71. The Morgan fingerprint density at radius 1 is 1.30 bits per heavy atom. The zero-order valence-corrected chi connectivity index (χ0v) is 14.4. The number of rotatable bonds is 2. The number of piperidine rings is 1. The number of pyridine rings is 1. The van der Waals surface area contributed by atoms with Gasteiger partial charge in [-0.3, -0.25) is 10.1 Å². The third-order valence-electron chi connectivity index (χ3n) is 4.25. The van der Waals surface area contributed by atoms with Crippen molar-refractivity contribution >= 4 is 11.5 Å². The summed E-state index contributed by atoms with van der Waals surface area (Å²) < 4.78 is 13.6. The van der Waals surface area contributed by atoms with Crippen molar-refractivity contribution in [2.45, 2.75) is 12.8 Å². The minimum Gasteiger partial charge on any atom is -0.350 e. The summed E-state index contributed by atoms with van der Waals surface area (Å²) in [7, 11) is 0. The van der Waals surface area contributed by atoms with E-state index in [0.717, 1.165) is 18.4 Å². The molecule has 7 heteroatoms. The van der Waals surface area contributed by atoms with Gasteiger partial charge in [-0.1, -0.05) is 17.4 Å². The number of hydrogen-bond donors (Lipinski definition) is 0. The van der Waals surface area contributed by atoms with Gasteiger partial charge >= 0.3 is 5.69 Å². The first-order chi connectivity index (χ1) is 13.1. The summed E-state index contributed by atoms with van der Waals surface area (Å²) in [6.07, 6.45) is 4.81. The van der Waals surface area contributed by atoms with E-state index in [0.29, 0.717) is 24.5 Å². The van der Waals surface area contributed by atoms with Crippen molar-refractivity contribution in [3.8, 4) is 17.9 Å². The lowest BCUT2D eigenvalue weighted by molar-refractivity contribution is -0.384. The molecule has 1 aliphatic rings. The lowest BCUT2D eigenvalue weighted by atomic mass is 10.0. The zero-order chi connectivity index (χ0) is 19.2. The first-order valence-corrected chi connectivity index (χ1v) is 8.32. The van der Waals surface area contributed by atoms with Crippen molar-refractivity contribution in [2.24, 2.45) is 0 Å². The van der Waals surface area contributed by atoms with E-state index in [-0.39, 0.29) is 11.3 Å². The molecule has 0 aliphatic carbocycles. The van der Waals surface area contributed by atoms with Gasteiger partial charge in [0.15, 0.2) is 0 Å². The molecule has 0 spiro atoms. The molecule has 1 aromatic carbocycles. The molecule has 0 saturated carbocycles. The Kier molecular flexibility index (Phi) is 5.44. The molecular formula is C20H15FN4O2. The van der Waals surface area contributed by atoms with Crippen LogP contribution in [0.5, 0.6) is 0 Å². The Labute approximate surface area is 155 Å². The SMILES string of the molecule is N#Cc1ccc(C#CC=C2CCN(c3ncccc3[N+](=O)[O-])CC2)cc1F. The van der Waals surface area contributed by atoms with E-state index in [1.807, 2.05) is 4.90 Å². The zero-order valence-electron chi connectivity index (χ0n) is 14.4. The van der Waals surface area contributed by atoms with Gasteiger partial charge in [-0.05, 0) is 43.2 Å². The number of halogens is 1. The van der Waals surface area contributed by atoms with Crippen molar-refractivity contribution in [3.05, 3.63) is 75.2 Å². The maximum atomic E-state index is 13.6. The molecule has 1 aromatic heterocycles. The third kappa shape index (κ3) is 4.28. The van der Waals surface area contributed by atoms with Gasteiger partial charge in [0.2, 0.25) is 5.82 Å². The van der Waals surface area contributed by atoms with Gasteiger partial charge in [0.05, 0.1) is 10.5 Å². The Morgan fingerprint density at radius 2 is 2.07 bits per heavy atom. The molecule has 0 N–H and O–H groups in total. The average molecular weight is 362 g/mol. The topological polar surface area (TPSA) is 83.1 Å². The van der Waals surface area contributed by atoms with E-state index in [1.54, 1.807) is 30.5 Å². The van der Waals surface area contributed by atoms with Gasteiger partial charge in [0, 0.05) is 30.9 Å². The number of anilines is 1. The lowest BCUT2D eigenvalue weighted by Crippen LogP contribution is -2.31. The molecule has 0 unspecified atom stereocenters. The molecule has 1 saturated heterocycles. The molecule has 3 rings (SSSR count). The quantitative estimate of drug-likeness (QED) is 0.463. The second kappa shape index (κ2) is 8.11. The molecule has 0 radical (unpaired) electrons. The minimum absolute atomic E-state index is 0.00473. The number of nitro groups is 1. The molecule has 134 valence electrons. The number of nitrogens with zero attached hydrogens (tertiary/aromatic N) is 4. The van der Waals surface area contributed by atoms with Gasteiger partial charge < -0.3 is 4.90 Å². The van der Waals surface area contributed by atoms with Crippen LogP contribution in [0.2, 0.25) is 0 Å². The van der Waals surface area contributed by atoms with E-state index in [9.17, 15) is 14.5 Å². The number of hydrogen-bond acceptors (Lipinski definition) is 5. The highest BCUT2D eigenvalue weighted by Crippen LogP contribution is 2.28. The first kappa shape index (κ1) is 18.1. The highest BCUT2D eigenvalue weighted by atomic mass is 19.1. The van der Waals surface area contributed by atoms with Crippen LogP contribution >= 0.6 is 0 Å². The van der Waals surface area contributed by atoms with Crippen LogP contribution in [0.1, 0.15) is 24.0 Å². The minimum atomic E-state index is -0.581. The molecule has 2 aromatic rings. The number of aromatic nitrogens is 1. The van der Waals surface area contributed by atoms with Gasteiger partial charge in [-0.2, -0.15) is 5.26 Å². The van der Waals surface area contributed by atoms with Crippen molar-refractivity contribution in [3.63, 3.8) is 0 Å². The van der Waals surface area contributed by atoms with Crippen molar-refractivity contribution in [1.82, 2.24) is 4.98 Å². The van der Waals surface area contributed by atoms with Gasteiger partial charge in [0.1, 0.15) is 11.9 Å². The predicted molar refractivity (Wildman–Crippen MR) is 98.4 cm³/mol. The molecule has 2 heterocycles. The smallest absolute Gasteiger partial charge is 0.311 e. The number of allylic oxidation sites excluding steroid dienone is 1. The second-order valence-electron chi connectivity index (χ2n) is 5.97. The second-order valence-corrected chi connectivity index (χ2v) is 5.97. The van der Waals surface area contributed by atoms with E-state index in [1.165, 1.54) is 18.2 Å². The fraction of sp³-hybridized carbons (Fsp3) is 0.200. The summed E-state index contributed by atoms with van der Waals surface area (Å²) in [4.78, 5) is 16.8. The highest BCUT2D eigenvalue weighted by Gasteiger charge is 2.23. The van der Waals surface area contributed by atoms with E-state index >= 15 is 0 Å². The molecule has 1 aliphatic heterocycles. The summed E-state index contributed by atoms with van der Waals surface area (Å²) in [6.45, 7) is 1.24. The van der Waals surface area contributed by atoms with Crippen LogP contribution in [-0.2, 0) is 0 Å². The first-order valence-electron chi connectivity index (χ1n) is 8.32. The summed E-state index contributed by atoms with van der Waals surface area (Å²) in [5.41, 5.74) is 1.64. The van der Waals surface area contributed by atoms with Crippen LogP contribution in [0.15, 0.2) is 48.2 Å².